The summed E-state index contributed by atoms with van der Waals surface area (Å²) in [7, 11) is 0. The zero-order valence-corrected chi connectivity index (χ0v) is 20.5. The average molecular weight is 427 g/mol. The van der Waals surface area contributed by atoms with Crippen molar-refractivity contribution in [3.8, 4) is 0 Å². The van der Waals surface area contributed by atoms with Crippen LogP contribution >= 0.6 is 0 Å². The van der Waals surface area contributed by atoms with Crippen molar-refractivity contribution in [2.75, 3.05) is 19.8 Å². The highest BCUT2D eigenvalue weighted by Crippen LogP contribution is 2.41. The van der Waals surface area contributed by atoms with Crippen LogP contribution in [0.2, 0.25) is 0 Å². The van der Waals surface area contributed by atoms with Crippen molar-refractivity contribution in [1.29, 1.82) is 0 Å². The zero-order valence-electron chi connectivity index (χ0n) is 20.5. The molecule has 4 atom stereocenters. The Bertz CT molecular complexity index is 410. The predicted octanol–water partition coefficient (Wildman–Crippen LogP) is 7.24. The Balaban J connectivity index is 1.83. The summed E-state index contributed by atoms with van der Waals surface area (Å²) < 4.78 is 24.2. The summed E-state index contributed by atoms with van der Waals surface area (Å²) in [5.74, 6) is 0.328. The molecule has 1 aliphatic heterocycles. The highest BCUT2D eigenvalue weighted by molar-refractivity contribution is 4.91. The number of rotatable bonds is 19. The van der Waals surface area contributed by atoms with Crippen LogP contribution in [0.3, 0.4) is 0 Å². The Labute approximate surface area is 186 Å². The van der Waals surface area contributed by atoms with Gasteiger partial charge in [-0.15, -0.1) is 0 Å². The van der Waals surface area contributed by atoms with E-state index >= 15 is 0 Å². The van der Waals surface area contributed by atoms with Crippen molar-refractivity contribution in [3.63, 3.8) is 0 Å². The smallest absolute Gasteiger partial charge is 0.285 e. The number of fused-ring (bicyclic) bond motifs is 1. The van der Waals surface area contributed by atoms with Crippen LogP contribution in [0.5, 0.6) is 0 Å². The lowest BCUT2D eigenvalue weighted by Gasteiger charge is -2.39. The third-order valence-corrected chi connectivity index (χ3v) is 6.97. The van der Waals surface area contributed by atoms with Crippen molar-refractivity contribution in [3.05, 3.63) is 0 Å². The monoisotopic (exact) mass is 426 g/mol. The zero-order chi connectivity index (χ0) is 21.7. The molecule has 0 amide bonds. The standard InChI is InChI=1S/C26H50O4/c1-5-9-10-11-12-13-17-23(26(27-6-2,28-7-3)29-8-4)18-15-14-16-22-19-20-24-25(21-22)30-24/h22-25H,5-21H2,1-4H3. The van der Waals surface area contributed by atoms with Crippen LogP contribution < -0.4 is 0 Å². The van der Waals surface area contributed by atoms with Crippen molar-refractivity contribution in [2.24, 2.45) is 11.8 Å². The summed E-state index contributed by atoms with van der Waals surface area (Å²) >= 11 is 0. The summed E-state index contributed by atoms with van der Waals surface area (Å²) in [6.45, 7) is 10.3. The maximum Gasteiger partial charge on any atom is 0.285 e. The van der Waals surface area contributed by atoms with E-state index in [9.17, 15) is 0 Å². The fraction of sp³-hybridized carbons (Fsp3) is 1.00. The highest BCUT2D eigenvalue weighted by Gasteiger charge is 2.44. The maximum absolute atomic E-state index is 6.17. The lowest BCUT2D eigenvalue weighted by molar-refractivity contribution is -0.403. The minimum atomic E-state index is -0.860. The maximum atomic E-state index is 6.17. The van der Waals surface area contributed by atoms with Gasteiger partial charge in [-0.3, -0.25) is 0 Å². The number of epoxide rings is 1. The summed E-state index contributed by atoms with van der Waals surface area (Å²) in [5.41, 5.74) is 0. The molecule has 4 heteroatoms. The topological polar surface area (TPSA) is 40.2 Å². The fourth-order valence-electron chi connectivity index (χ4n) is 5.32. The molecular weight excluding hydrogens is 376 g/mol. The van der Waals surface area contributed by atoms with Gasteiger partial charge >= 0.3 is 0 Å². The Morgan fingerprint density at radius 2 is 1.33 bits per heavy atom. The number of unbranched alkanes of at least 4 members (excludes halogenated alkanes) is 6. The van der Waals surface area contributed by atoms with E-state index in [2.05, 4.69) is 6.92 Å². The van der Waals surface area contributed by atoms with E-state index in [0.29, 0.717) is 37.9 Å². The van der Waals surface area contributed by atoms with Gasteiger partial charge in [0.2, 0.25) is 0 Å². The Morgan fingerprint density at radius 3 is 1.93 bits per heavy atom. The van der Waals surface area contributed by atoms with Gasteiger partial charge in [0, 0.05) is 25.7 Å². The van der Waals surface area contributed by atoms with Gasteiger partial charge in [-0.2, -0.15) is 0 Å². The minimum Gasteiger partial charge on any atom is -0.370 e. The molecular formula is C26H50O4. The van der Waals surface area contributed by atoms with Gasteiger partial charge in [0.25, 0.3) is 5.97 Å². The number of hydrogen-bond donors (Lipinski definition) is 0. The molecule has 2 aliphatic rings. The summed E-state index contributed by atoms with van der Waals surface area (Å²) in [6.07, 6.45) is 19.2. The molecule has 4 nitrogen and oxygen atoms in total. The van der Waals surface area contributed by atoms with Crippen molar-refractivity contribution in [2.45, 2.75) is 136 Å². The molecule has 1 saturated carbocycles. The first-order valence-corrected chi connectivity index (χ1v) is 13.3. The first-order valence-electron chi connectivity index (χ1n) is 13.3. The van der Waals surface area contributed by atoms with Gasteiger partial charge in [-0.05, 0) is 58.8 Å². The molecule has 2 rings (SSSR count). The largest absolute Gasteiger partial charge is 0.370 e. The molecule has 0 spiro atoms. The lowest BCUT2D eigenvalue weighted by Crippen LogP contribution is -2.46. The van der Waals surface area contributed by atoms with E-state index in [4.69, 9.17) is 18.9 Å². The molecule has 0 N–H and O–H groups in total. The first kappa shape index (κ1) is 26.1. The molecule has 30 heavy (non-hydrogen) atoms. The SMILES string of the molecule is CCCCCCCCC(CCCCC1CCC2OC2C1)C(OCC)(OCC)OCC. The van der Waals surface area contributed by atoms with Crippen LogP contribution in [0, 0.1) is 11.8 Å². The van der Waals surface area contributed by atoms with E-state index in [-0.39, 0.29) is 0 Å². The summed E-state index contributed by atoms with van der Waals surface area (Å²) in [4.78, 5) is 0. The van der Waals surface area contributed by atoms with Gasteiger partial charge in [-0.25, -0.2) is 0 Å². The quantitative estimate of drug-likeness (QED) is 0.124. The third kappa shape index (κ3) is 8.76. The van der Waals surface area contributed by atoms with Crippen LogP contribution in [0.15, 0.2) is 0 Å². The van der Waals surface area contributed by atoms with E-state index in [1.54, 1.807) is 0 Å². The molecule has 0 aromatic carbocycles. The Hall–Kier alpha value is -0.160. The number of ether oxygens (including phenoxy) is 4. The molecule has 178 valence electrons. The molecule has 0 radical (unpaired) electrons. The lowest BCUT2D eigenvalue weighted by atomic mass is 9.84. The van der Waals surface area contributed by atoms with Gasteiger partial charge in [-0.1, -0.05) is 64.7 Å². The van der Waals surface area contributed by atoms with Crippen molar-refractivity contribution in [1.82, 2.24) is 0 Å². The Morgan fingerprint density at radius 1 is 0.733 bits per heavy atom. The van der Waals surface area contributed by atoms with Crippen molar-refractivity contribution < 1.29 is 18.9 Å². The second kappa shape index (κ2) is 14.8. The van der Waals surface area contributed by atoms with Crippen LogP contribution in [0.1, 0.15) is 118 Å². The first-order chi connectivity index (χ1) is 14.7. The van der Waals surface area contributed by atoms with E-state index in [1.807, 2.05) is 20.8 Å². The normalized spacial score (nSPS) is 24.6. The molecule has 0 bridgehead atoms. The van der Waals surface area contributed by atoms with Gasteiger partial charge in [0.1, 0.15) is 0 Å². The van der Waals surface area contributed by atoms with Gasteiger partial charge in [0.15, 0.2) is 0 Å². The molecule has 0 aromatic rings. The molecule has 0 aromatic heterocycles. The van der Waals surface area contributed by atoms with Crippen molar-refractivity contribution >= 4 is 0 Å². The van der Waals surface area contributed by atoms with E-state index in [1.165, 1.54) is 77.0 Å². The van der Waals surface area contributed by atoms with Crippen LogP contribution in [-0.2, 0) is 18.9 Å². The average Bonchev–Trinajstić information content (AvgIpc) is 3.51. The predicted molar refractivity (Wildman–Crippen MR) is 124 cm³/mol. The summed E-state index contributed by atoms with van der Waals surface area (Å²) in [6, 6.07) is 0. The molecule has 1 aliphatic carbocycles. The molecule has 1 heterocycles. The van der Waals surface area contributed by atoms with Gasteiger partial charge < -0.3 is 18.9 Å². The van der Waals surface area contributed by atoms with Crippen LogP contribution in [-0.4, -0.2) is 38.0 Å². The molecule has 1 saturated heterocycles. The van der Waals surface area contributed by atoms with E-state index in [0.717, 1.165) is 18.8 Å². The minimum absolute atomic E-state index is 0.311. The molecule has 4 unspecified atom stereocenters. The second-order valence-corrected chi connectivity index (χ2v) is 9.33. The highest BCUT2D eigenvalue weighted by atomic mass is 16.9. The Kier molecular flexibility index (Phi) is 12.9. The number of hydrogen-bond acceptors (Lipinski definition) is 4. The molecule has 2 fully saturated rings. The third-order valence-electron chi connectivity index (χ3n) is 6.97. The summed E-state index contributed by atoms with van der Waals surface area (Å²) in [5, 5.41) is 0. The van der Waals surface area contributed by atoms with Crippen LogP contribution in [0.4, 0.5) is 0 Å². The van der Waals surface area contributed by atoms with Crippen LogP contribution in [0.25, 0.3) is 0 Å². The van der Waals surface area contributed by atoms with E-state index < -0.39 is 5.97 Å². The fourth-order valence-corrected chi connectivity index (χ4v) is 5.32. The van der Waals surface area contributed by atoms with Gasteiger partial charge in [0.05, 0.1) is 12.2 Å². The second-order valence-electron chi connectivity index (χ2n) is 9.33.